The molecule has 0 spiro atoms. The standard InChI is InChI=1S/C11H18F2O2S/c1-8(2)3-4-10(9(14)15)7-16-6-5-11(10,12)13/h8H,3-7H2,1-2H3,(H,14,15). The molecule has 1 N–H and O–H groups in total. The van der Waals surface area contributed by atoms with Crippen molar-refractivity contribution in [3.05, 3.63) is 0 Å². The molecule has 0 aromatic heterocycles. The van der Waals surface area contributed by atoms with Crippen LogP contribution in [0.4, 0.5) is 8.78 Å². The van der Waals surface area contributed by atoms with Crippen LogP contribution < -0.4 is 0 Å². The number of rotatable bonds is 4. The molecule has 0 aliphatic carbocycles. The molecule has 2 nitrogen and oxygen atoms in total. The SMILES string of the molecule is CC(C)CCC1(C(=O)O)CSCCC1(F)F. The second kappa shape index (κ2) is 4.90. The summed E-state index contributed by atoms with van der Waals surface area (Å²) in [5, 5.41) is 9.14. The fourth-order valence-corrected chi connectivity index (χ4v) is 3.28. The third-order valence-corrected chi connectivity index (χ3v) is 4.36. The van der Waals surface area contributed by atoms with Crippen molar-refractivity contribution < 1.29 is 18.7 Å². The summed E-state index contributed by atoms with van der Waals surface area (Å²) in [5.41, 5.74) is -1.85. The van der Waals surface area contributed by atoms with Crippen LogP contribution in [0.1, 0.15) is 33.1 Å². The van der Waals surface area contributed by atoms with Gasteiger partial charge in [0.15, 0.2) is 0 Å². The maximum Gasteiger partial charge on any atom is 0.316 e. The van der Waals surface area contributed by atoms with Crippen molar-refractivity contribution in [1.82, 2.24) is 0 Å². The van der Waals surface area contributed by atoms with Gasteiger partial charge in [0, 0.05) is 12.2 Å². The second-order valence-corrected chi connectivity index (χ2v) is 5.93. The normalized spacial score (nSPS) is 29.3. The highest BCUT2D eigenvalue weighted by molar-refractivity contribution is 7.99. The average Bonchev–Trinajstić information content (AvgIpc) is 2.15. The van der Waals surface area contributed by atoms with Gasteiger partial charge in [-0.3, -0.25) is 4.79 Å². The maximum absolute atomic E-state index is 13.8. The monoisotopic (exact) mass is 252 g/mol. The summed E-state index contributed by atoms with van der Waals surface area (Å²) < 4.78 is 27.7. The van der Waals surface area contributed by atoms with Crippen LogP contribution in [0.2, 0.25) is 0 Å². The first-order chi connectivity index (χ1) is 7.32. The zero-order chi connectivity index (χ0) is 12.4. The number of alkyl halides is 2. The van der Waals surface area contributed by atoms with E-state index in [9.17, 15) is 13.6 Å². The molecule has 0 bridgehead atoms. The molecule has 1 atom stereocenters. The third-order valence-electron chi connectivity index (χ3n) is 3.17. The molecule has 0 aromatic carbocycles. The Morgan fingerprint density at radius 3 is 2.56 bits per heavy atom. The van der Waals surface area contributed by atoms with Crippen LogP contribution in [0.5, 0.6) is 0 Å². The van der Waals surface area contributed by atoms with Gasteiger partial charge in [-0.25, -0.2) is 8.78 Å². The summed E-state index contributed by atoms with van der Waals surface area (Å²) in [6, 6.07) is 0. The van der Waals surface area contributed by atoms with Gasteiger partial charge in [-0.2, -0.15) is 11.8 Å². The van der Waals surface area contributed by atoms with Crippen molar-refractivity contribution >= 4 is 17.7 Å². The van der Waals surface area contributed by atoms with E-state index in [1.54, 1.807) is 0 Å². The Morgan fingerprint density at radius 1 is 1.50 bits per heavy atom. The summed E-state index contributed by atoms with van der Waals surface area (Å²) in [6.45, 7) is 3.84. The van der Waals surface area contributed by atoms with Crippen molar-refractivity contribution in [3.8, 4) is 0 Å². The molecule has 0 saturated carbocycles. The Kier molecular flexibility index (Phi) is 4.21. The van der Waals surface area contributed by atoms with E-state index in [1.807, 2.05) is 13.8 Å². The third kappa shape index (κ3) is 2.50. The van der Waals surface area contributed by atoms with Crippen molar-refractivity contribution in [3.63, 3.8) is 0 Å². The van der Waals surface area contributed by atoms with Gasteiger partial charge in [0.1, 0.15) is 5.41 Å². The molecule has 1 fully saturated rings. The number of thioether (sulfide) groups is 1. The summed E-state index contributed by atoms with van der Waals surface area (Å²) >= 11 is 1.32. The van der Waals surface area contributed by atoms with E-state index in [2.05, 4.69) is 0 Å². The van der Waals surface area contributed by atoms with Crippen molar-refractivity contribution in [2.24, 2.45) is 11.3 Å². The lowest BCUT2D eigenvalue weighted by Crippen LogP contribution is -2.52. The molecular formula is C11H18F2O2S. The van der Waals surface area contributed by atoms with Crippen LogP contribution in [0.25, 0.3) is 0 Å². The van der Waals surface area contributed by atoms with Crippen molar-refractivity contribution in [2.45, 2.75) is 39.0 Å². The largest absolute Gasteiger partial charge is 0.481 e. The Labute approximate surface area is 98.8 Å². The second-order valence-electron chi connectivity index (χ2n) is 4.83. The minimum Gasteiger partial charge on any atom is -0.481 e. The van der Waals surface area contributed by atoms with Gasteiger partial charge in [-0.15, -0.1) is 0 Å². The summed E-state index contributed by atoms with van der Waals surface area (Å²) in [7, 11) is 0. The summed E-state index contributed by atoms with van der Waals surface area (Å²) in [5.74, 6) is -3.78. The number of hydrogen-bond donors (Lipinski definition) is 1. The number of carboxylic acid groups (broad SMARTS) is 1. The molecule has 0 aromatic rings. The van der Waals surface area contributed by atoms with Gasteiger partial charge < -0.3 is 5.11 Å². The molecule has 1 unspecified atom stereocenters. The molecule has 1 aliphatic rings. The number of carbonyl (C=O) groups is 1. The average molecular weight is 252 g/mol. The van der Waals surface area contributed by atoms with Crippen LogP contribution in [-0.4, -0.2) is 28.5 Å². The topological polar surface area (TPSA) is 37.3 Å². The molecule has 94 valence electrons. The molecule has 1 saturated heterocycles. The Hall–Kier alpha value is -0.320. The first kappa shape index (κ1) is 13.7. The van der Waals surface area contributed by atoms with Crippen LogP contribution in [-0.2, 0) is 4.79 Å². The van der Waals surface area contributed by atoms with E-state index in [0.29, 0.717) is 12.2 Å². The zero-order valence-electron chi connectivity index (χ0n) is 9.63. The first-order valence-corrected chi connectivity index (χ1v) is 6.66. The smallest absolute Gasteiger partial charge is 0.316 e. The minimum atomic E-state index is -3.07. The minimum absolute atomic E-state index is 0.0298. The summed E-state index contributed by atoms with van der Waals surface area (Å²) in [6.07, 6.45) is 0.282. The van der Waals surface area contributed by atoms with Gasteiger partial charge in [0.2, 0.25) is 0 Å². The predicted molar refractivity (Wildman–Crippen MR) is 61.0 cm³/mol. The van der Waals surface area contributed by atoms with Crippen LogP contribution >= 0.6 is 11.8 Å². The Morgan fingerprint density at radius 2 is 2.12 bits per heavy atom. The van der Waals surface area contributed by atoms with Gasteiger partial charge in [0.05, 0.1) is 0 Å². The molecular weight excluding hydrogens is 234 g/mol. The highest BCUT2D eigenvalue weighted by Gasteiger charge is 2.60. The predicted octanol–water partition coefficient (Wildman–Crippen LogP) is 3.27. The number of hydrogen-bond acceptors (Lipinski definition) is 2. The Bertz CT molecular complexity index is 269. The lowest BCUT2D eigenvalue weighted by Gasteiger charge is -2.40. The molecule has 0 radical (unpaired) electrons. The van der Waals surface area contributed by atoms with Gasteiger partial charge in [0.25, 0.3) is 5.92 Å². The van der Waals surface area contributed by atoms with E-state index < -0.39 is 17.3 Å². The van der Waals surface area contributed by atoms with E-state index in [0.717, 1.165) is 0 Å². The van der Waals surface area contributed by atoms with E-state index in [4.69, 9.17) is 5.11 Å². The highest BCUT2D eigenvalue weighted by Crippen LogP contribution is 2.50. The van der Waals surface area contributed by atoms with Crippen molar-refractivity contribution in [1.29, 1.82) is 0 Å². The van der Waals surface area contributed by atoms with E-state index in [1.165, 1.54) is 11.8 Å². The van der Waals surface area contributed by atoms with Crippen molar-refractivity contribution in [2.75, 3.05) is 11.5 Å². The van der Waals surface area contributed by atoms with Gasteiger partial charge in [-0.05, 0) is 24.5 Å². The maximum atomic E-state index is 13.8. The molecule has 1 rings (SSSR count). The molecule has 1 heterocycles. The number of carboxylic acids is 1. The number of aliphatic carboxylic acids is 1. The van der Waals surface area contributed by atoms with E-state index in [-0.39, 0.29) is 24.5 Å². The van der Waals surface area contributed by atoms with E-state index >= 15 is 0 Å². The quantitative estimate of drug-likeness (QED) is 0.834. The molecule has 5 heteroatoms. The van der Waals surface area contributed by atoms with Crippen LogP contribution in [0.3, 0.4) is 0 Å². The van der Waals surface area contributed by atoms with Crippen LogP contribution in [0.15, 0.2) is 0 Å². The number of halogens is 2. The van der Waals surface area contributed by atoms with Gasteiger partial charge >= 0.3 is 5.97 Å². The lowest BCUT2D eigenvalue weighted by atomic mass is 9.76. The molecule has 1 aliphatic heterocycles. The molecule has 16 heavy (non-hydrogen) atoms. The fourth-order valence-electron chi connectivity index (χ4n) is 1.91. The fraction of sp³-hybridized carbons (Fsp3) is 0.909. The van der Waals surface area contributed by atoms with Crippen LogP contribution in [0, 0.1) is 11.3 Å². The first-order valence-electron chi connectivity index (χ1n) is 5.51. The Balaban J connectivity index is 2.89. The molecule has 0 amide bonds. The summed E-state index contributed by atoms with van der Waals surface area (Å²) in [4.78, 5) is 11.2. The lowest BCUT2D eigenvalue weighted by molar-refractivity contribution is -0.178. The highest BCUT2D eigenvalue weighted by atomic mass is 32.2. The zero-order valence-corrected chi connectivity index (χ0v) is 10.4. The van der Waals surface area contributed by atoms with Gasteiger partial charge in [-0.1, -0.05) is 13.8 Å².